The number of hydrogen-bond acceptors (Lipinski definition) is 7. The van der Waals surface area contributed by atoms with Crippen molar-refractivity contribution in [3.8, 4) is 0 Å². The number of hydrogen-bond donors (Lipinski definition) is 3. The van der Waals surface area contributed by atoms with Gasteiger partial charge >= 0.3 is 0 Å². The molecule has 2 fully saturated rings. The quantitative estimate of drug-likeness (QED) is 0.364. The van der Waals surface area contributed by atoms with Gasteiger partial charge in [0.15, 0.2) is 5.78 Å². The maximum atomic E-state index is 13.4. The molecule has 2 aliphatic heterocycles. The lowest BCUT2D eigenvalue weighted by Crippen LogP contribution is -2.72. The Hall–Kier alpha value is -3.60. The highest BCUT2D eigenvalue weighted by atomic mass is 32.2. The number of carboxylic acid groups (broad SMARTS) is 1. The Labute approximate surface area is 212 Å². The van der Waals surface area contributed by atoms with Gasteiger partial charge in [-0.25, -0.2) is 0 Å². The van der Waals surface area contributed by atoms with Gasteiger partial charge in [-0.3, -0.25) is 19.2 Å². The zero-order chi connectivity index (χ0) is 26.5. The minimum absolute atomic E-state index is 0.216. The Morgan fingerprint density at radius 2 is 1.78 bits per heavy atom. The lowest BCUT2D eigenvalue weighted by atomic mass is 9.95. The number of H-pyrrole nitrogens is 1. The first-order valence-electron chi connectivity index (χ1n) is 11.4. The molecule has 11 heteroatoms. The molecule has 1 aromatic heterocycles. The van der Waals surface area contributed by atoms with Gasteiger partial charge in [0, 0.05) is 17.4 Å². The van der Waals surface area contributed by atoms with Crippen LogP contribution in [-0.4, -0.2) is 61.6 Å². The summed E-state index contributed by atoms with van der Waals surface area (Å²) in [6.45, 7) is 8.15. The number of aryl methyl sites for hydroxylation is 1. The minimum Gasteiger partial charge on any atom is -0.548 e. The monoisotopic (exact) mass is 511 g/mol. The smallest absolute Gasteiger partial charge is 0.254 e. The maximum Gasteiger partial charge on any atom is 0.254 e. The number of carboxylic acids is 1. The largest absolute Gasteiger partial charge is 0.548 e. The van der Waals surface area contributed by atoms with E-state index in [0.717, 1.165) is 0 Å². The molecular weight excluding hydrogens is 484 g/mol. The molecule has 190 valence electrons. The molecule has 4 atom stereocenters. The number of carbonyl (C=O) groups is 5. The molecule has 0 aliphatic carbocycles. The molecule has 3 N–H and O–H groups in total. The SMILES string of the molecule is CC(=O)c1[nH]c(C)c(C(=O)NC(C(=O)N[C@@H]2C(=O)N3[C@@H]2SC(C)(C)[C@@H]3C(=O)[O-])c2ccccc2)c1C. The number of carbonyl (C=O) groups excluding carboxylic acids is 5. The van der Waals surface area contributed by atoms with Gasteiger partial charge in [0.2, 0.25) is 11.8 Å². The maximum absolute atomic E-state index is 13.4. The number of nitrogens with one attached hydrogen (secondary N) is 3. The summed E-state index contributed by atoms with van der Waals surface area (Å²) >= 11 is 1.28. The van der Waals surface area contributed by atoms with E-state index >= 15 is 0 Å². The summed E-state index contributed by atoms with van der Waals surface area (Å²) in [5, 5.41) is 16.5. The normalized spacial score (nSPS) is 22.9. The third-order valence-corrected chi connectivity index (χ3v) is 8.22. The van der Waals surface area contributed by atoms with E-state index in [4.69, 9.17) is 0 Å². The number of fused-ring (bicyclic) bond motifs is 1. The van der Waals surface area contributed by atoms with Gasteiger partial charge in [-0.1, -0.05) is 30.3 Å². The standard InChI is InChI=1S/C25H28N4O6S/c1-11-15(12(2)26-16(11)13(3)30)20(31)27-17(14-9-7-6-8-10-14)21(32)28-18-22(33)29-19(24(34)35)25(4,5)36-23(18)29/h6-10,17-19,23,26H,1-5H3,(H,27,31)(H,28,32)(H,34,35)/p-1/t17?,18-,19+,23-/m1/s1. The molecule has 4 rings (SSSR count). The Morgan fingerprint density at radius 3 is 2.33 bits per heavy atom. The third-order valence-electron chi connectivity index (χ3n) is 6.65. The van der Waals surface area contributed by atoms with Crippen LogP contribution in [0.2, 0.25) is 0 Å². The van der Waals surface area contributed by atoms with E-state index in [1.54, 1.807) is 58.0 Å². The topological polar surface area (TPSA) is 152 Å². The van der Waals surface area contributed by atoms with Crippen LogP contribution in [0.1, 0.15) is 64.5 Å². The molecular formula is C25H27N4O6S-. The molecule has 0 bridgehead atoms. The first-order valence-corrected chi connectivity index (χ1v) is 12.3. The number of ketones is 1. The van der Waals surface area contributed by atoms with E-state index < -0.39 is 51.9 Å². The number of amides is 3. The molecule has 0 spiro atoms. The molecule has 3 heterocycles. The first-order chi connectivity index (χ1) is 16.8. The highest BCUT2D eigenvalue weighted by Gasteiger charge is 2.62. The van der Waals surface area contributed by atoms with Crippen LogP contribution in [0.15, 0.2) is 30.3 Å². The Balaban J connectivity index is 1.58. The zero-order valence-corrected chi connectivity index (χ0v) is 21.3. The van der Waals surface area contributed by atoms with Gasteiger partial charge in [-0.15, -0.1) is 11.8 Å². The van der Waals surface area contributed by atoms with E-state index in [9.17, 15) is 29.1 Å². The fraction of sp³-hybridized carbons (Fsp3) is 0.400. The number of thioether (sulfide) groups is 1. The predicted molar refractivity (Wildman–Crippen MR) is 130 cm³/mol. The first kappa shape index (κ1) is 25.5. The Kier molecular flexibility index (Phi) is 6.46. The summed E-state index contributed by atoms with van der Waals surface area (Å²) in [5.41, 5.74) is 2.06. The van der Waals surface area contributed by atoms with Crippen LogP contribution in [0.4, 0.5) is 0 Å². The molecule has 10 nitrogen and oxygen atoms in total. The van der Waals surface area contributed by atoms with Crippen molar-refractivity contribution in [2.45, 2.75) is 62.9 Å². The van der Waals surface area contributed by atoms with Crippen LogP contribution in [0.25, 0.3) is 0 Å². The van der Waals surface area contributed by atoms with Crippen molar-refractivity contribution in [3.05, 3.63) is 58.4 Å². The fourth-order valence-corrected chi connectivity index (χ4v) is 6.58. The van der Waals surface area contributed by atoms with Crippen LogP contribution in [0, 0.1) is 13.8 Å². The molecule has 3 amide bonds. The van der Waals surface area contributed by atoms with E-state index in [1.165, 1.54) is 23.6 Å². The van der Waals surface area contributed by atoms with Crippen molar-refractivity contribution in [1.29, 1.82) is 0 Å². The van der Waals surface area contributed by atoms with E-state index in [0.29, 0.717) is 22.5 Å². The van der Waals surface area contributed by atoms with Gasteiger partial charge in [0.1, 0.15) is 17.5 Å². The molecule has 0 saturated carbocycles. The van der Waals surface area contributed by atoms with Gasteiger partial charge in [-0.05, 0) is 38.8 Å². The van der Waals surface area contributed by atoms with Crippen molar-refractivity contribution in [2.75, 3.05) is 0 Å². The summed E-state index contributed by atoms with van der Waals surface area (Å²) in [5.74, 6) is -3.23. The fourth-order valence-electron chi connectivity index (χ4n) is 4.95. The molecule has 1 unspecified atom stereocenters. The predicted octanol–water partition coefficient (Wildman–Crippen LogP) is 0.602. The lowest BCUT2D eigenvalue weighted by Gasteiger charge is -2.45. The molecule has 2 aliphatic rings. The molecule has 1 aromatic carbocycles. The number of β-lactam (4-membered cyclic amide) rings is 1. The van der Waals surface area contributed by atoms with Gasteiger partial charge in [0.25, 0.3) is 5.91 Å². The Morgan fingerprint density at radius 1 is 1.14 bits per heavy atom. The number of aromatic amines is 1. The van der Waals surface area contributed by atoms with Crippen molar-refractivity contribution in [2.24, 2.45) is 0 Å². The third kappa shape index (κ3) is 4.17. The number of Topliss-reactive ketones (excluding diaryl/α,β-unsaturated/α-hetero) is 1. The summed E-state index contributed by atoms with van der Waals surface area (Å²) < 4.78 is -0.788. The van der Waals surface area contributed by atoms with Gasteiger partial charge < -0.3 is 30.4 Å². The number of nitrogens with zero attached hydrogens (tertiary/aromatic N) is 1. The number of aromatic nitrogens is 1. The molecule has 2 aromatic rings. The van der Waals surface area contributed by atoms with E-state index in [1.807, 2.05) is 0 Å². The van der Waals surface area contributed by atoms with Gasteiger partial charge in [-0.2, -0.15) is 0 Å². The highest BCUT2D eigenvalue weighted by molar-refractivity contribution is 8.01. The lowest BCUT2D eigenvalue weighted by molar-refractivity contribution is -0.312. The minimum atomic E-state index is -1.34. The van der Waals surface area contributed by atoms with Crippen LogP contribution in [-0.2, 0) is 14.4 Å². The Bertz CT molecular complexity index is 1270. The van der Waals surface area contributed by atoms with E-state index in [2.05, 4.69) is 15.6 Å². The highest BCUT2D eigenvalue weighted by Crippen LogP contribution is 2.50. The van der Waals surface area contributed by atoms with Crippen molar-refractivity contribution in [1.82, 2.24) is 20.5 Å². The van der Waals surface area contributed by atoms with Crippen LogP contribution >= 0.6 is 11.8 Å². The summed E-state index contributed by atoms with van der Waals surface area (Å²) in [6.07, 6.45) is 0. The summed E-state index contributed by atoms with van der Waals surface area (Å²) in [6, 6.07) is 5.39. The van der Waals surface area contributed by atoms with Crippen molar-refractivity contribution < 1.29 is 29.1 Å². The van der Waals surface area contributed by atoms with Crippen LogP contribution in [0.5, 0.6) is 0 Å². The van der Waals surface area contributed by atoms with Crippen LogP contribution in [0.3, 0.4) is 0 Å². The summed E-state index contributed by atoms with van der Waals surface area (Å²) in [4.78, 5) is 67.2. The zero-order valence-electron chi connectivity index (χ0n) is 20.5. The number of aliphatic carboxylic acids is 1. The van der Waals surface area contributed by atoms with Crippen LogP contribution < -0.4 is 15.7 Å². The summed E-state index contributed by atoms with van der Waals surface area (Å²) in [7, 11) is 0. The molecule has 36 heavy (non-hydrogen) atoms. The average molecular weight is 512 g/mol. The number of rotatable bonds is 7. The van der Waals surface area contributed by atoms with Crippen molar-refractivity contribution in [3.63, 3.8) is 0 Å². The van der Waals surface area contributed by atoms with Gasteiger partial charge in [0.05, 0.1) is 23.3 Å². The number of benzene rings is 1. The van der Waals surface area contributed by atoms with E-state index in [-0.39, 0.29) is 11.3 Å². The second-order valence-electron chi connectivity index (χ2n) is 9.56. The average Bonchev–Trinajstić information content (AvgIpc) is 3.26. The molecule has 2 saturated heterocycles. The second kappa shape index (κ2) is 9.12. The van der Waals surface area contributed by atoms with Crippen molar-refractivity contribution >= 4 is 41.2 Å². The molecule has 0 radical (unpaired) electrons. The second-order valence-corrected chi connectivity index (χ2v) is 11.3.